The van der Waals surface area contributed by atoms with Crippen molar-refractivity contribution in [3.05, 3.63) is 29.8 Å². The first kappa shape index (κ1) is 19.7. The van der Waals surface area contributed by atoms with Crippen molar-refractivity contribution >= 4 is 29.9 Å². The van der Waals surface area contributed by atoms with Crippen molar-refractivity contribution < 1.29 is 9.59 Å². The van der Waals surface area contributed by atoms with Gasteiger partial charge < -0.3 is 15.5 Å². The van der Waals surface area contributed by atoms with Crippen molar-refractivity contribution in [3.63, 3.8) is 0 Å². The zero-order valence-electron chi connectivity index (χ0n) is 15.0. The van der Waals surface area contributed by atoms with Gasteiger partial charge in [-0.3, -0.25) is 9.59 Å². The van der Waals surface area contributed by atoms with E-state index in [-0.39, 0.29) is 42.2 Å². The van der Waals surface area contributed by atoms with Gasteiger partial charge in [-0.2, -0.15) is 0 Å². The Morgan fingerprint density at radius 3 is 2.84 bits per heavy atom. The van der Waals surface area contributed by atoms with Crippen LogP contribution in [0.3, 0.4) is 0 Å². The van der Waals surface area contributed by atoms with Crippen molar-refractivity contribution in [3.8, 4) is 0 Å². The van der Waals surface area contributed by atoms with Gasteiger partial charge in [-0.15, -0.1) is 12.4 Å². The van der Waals surface area contributed by atoms with Crippen molar-refractivity contribution in [1.29, 1.82) is 0 Å². The van der Waals surface area contributed by atoms with Crippen LogP contribution in [0.15, 0.2) is 24.3 Å². The largest absolute Gasteiger partial charge is 0.352 e. The molecule has 0 aromatic heterocycles. The minimum absolute atomic E-state index is 0. The van der Waals surface area contributed by atoms with Gasteiger partial charge in [-0.05, 0) is 44.4 Å². The fourth-order valence-corrected chi connectivity index (χ4v) is 3.73. The van der Waals surface area contributed by atoms with E-state index in [1.165, 1.54) is 0 Å². The van der Waals surface area contributed by atoms with E-state index in [9.17, 15) is 9.59 Å². The zero-order chi connectivity index (χ0) is 17.1. The third kappa shape index (κ3) is 4.33. The Morgan fingerprint density at radius 2 is 2.12 bits per heavy atom. The number of anilines is 1. The van der Waals surface area contributed by atoms with Gasteiger partial charge in [0.05, 0.1) is 5.92 Å². The van der Waals surface area contributed by atoms with E-state index < -0.39 is 0 Å². The highest BCUT2D eigenvalue weighted by Crippen LogP contribution is 2.28. The second-order valence-corrected chi connectivity index (χ2v) is 6.89. The smallest absolute Gasteiger partial charge is 0.227 e. The molecule has 2 N–H and O–H groups in total. The highest BCUT2D eigenvalue weighted by molar-refractivity contribution is 6.00. The number of aryl methyl sites for hydroxylation is 1. The minimum atomic E-state index is -0.253. The van der Waals surface area contributed by atoms with E-state index in [1.807, 2.05) is 24.3 Å². The van der Waals surface area contributed by atoms with Gasteiger partial charge in [0, 0.05) is 30.7 Å². The molecule has 1 aromatic carbocycles. The number of nitrogens with zero attached hydrogens (tertiary/aromatic N) is 1. The number of piperidine rings is 1. The summed E-state index contributed by atoms with van der Waals surface area (Å²) in [7, 11) is 0. The Balaban J connectivity index is 0.00000225. The Bertz CT molecular complexity index is 622. The van der Waals surface area contributed by atoms with Crippen LogP contribution in [-0.2, 0) is 16.0 Å². The molecule has 2 aliphatic heterocycles. The van der Waals surface area contributed by atoms with Crippen LogP contribution in [0, 0.1) is 5.92 Å². The summed E-state index contributed by atoms with van der Waals surface area (Å²) < 4.78 is 0. The molecular weight excluding hydrogens is 338 g/mol. The molecule has 2 amide bonds. The van der Waals surface area contributed by atoms with E-state index >= 15 is 0 Å². The second kappa shape index (κ2) is 8.68. The second-order valence-electron chi connectivity index (χ2n) is 6.89. The number of hydrogen-bond acceptors (Lipinski definition) is 3. The van der Waals surface area contributed by atoms with Crippen molar-refractivity contribution in [2.45, 2.75) is 51.6 Å². The van der Waals surface area contributed by atoms with Gasteiger partial charge in [0.2, 0.25) is 11.8 Å². The third-order valence-electron chi connectivity index (χ3n) is 5.25. The van der Waals surface area contributed by atoms with Crippen LogP contribution < -0.4 is 15.5 Å². The summed E-state index contributed by atoms with van der Waals surface area (Å²) in [6.45, 7) is 5.68. The molecule has 138 valence electrons. The fourth-order valence-electron chi connectivity index (χ4n) is 3.73. The molecule has 0 aliphatic carbocycles. The molecule has 1 aromatic rings. The molecule has 0 bridgehead atoms. The van der Waals surface area contributed by atoms with E-state index in [2.05, 4.69) is 24.5 Å². The Labute approximate surface area is 155 Å². The van der Waals surface area contributed by atoms with E-state index in [4.69, 9.17) is 0 Å². The molecule has 2 heterocycles. The zero-order valence-corrected chi connectivity index (χ0v) is 15.8. The summed E-state index contributed by atoms with van der Waals surface area (Å²) in [6.07, 6.45) is 3.26. The maximum atomic E-state index is 12.6. The first-order valence-electron chi connectivity index (χ1n) is 9.02. The molecule has 2 fully saturated rings. The molecule has 3 rings (SSSR count). The van der Waals surface area contributed by atoms with Gasteiger partial charge in [0.25, 0.3) is 0 Å². The Kier molecular flexibility index (Phi) is 6.85. The molecule has 2 saturated heterocycles. The highest BCUT2D eigenvalue weighted by Gasteiger charge is 2.37. The first-order chi connectivity index (χ1) is 11.6. The highest BCUT2D eigenvalue weighted by atomic mass is 35.5. The molecule has 25 heavy (non-hydrogen) atoms. The van der Waals surface area contributed by atoms with E-state index in [0.29, 0.717) is 13.0 Å². The average Bonchev–Trinajstić information content (AvgIpc) is 2.98. The summed E-state index contributed by atoms with van der Waals surface area (Å²) in [5, 5.41) is 6.55. The molecule has 0 spiro atoms. The third-order valence-corrected chi connectivity index (χ3v) is 5.25. The van der Waals surface area contributed by atoms with Crippen LogP contribution in [0.5, 0.6) is 0 Å². The Morgan fingerprint density at radius 1 is 1.36 bits per heavy atom. The summed E-state index contributed by atoms with van der Waals surface area (Å²) >= 11 is 0. The SMILES string of the molecule is CCc1ccccc1N1CC(C(=O)NC2CCCNC2C)CC1=O.Cl. The summed E-state index contributed by atoms with van der Waals surface area (Å²) in [5.74, 6) is -0.192. The number of carbonyl (C=O) groups excluding carboxylic acids is 2. The van der Waals surface area contributed by atoms with Crippen molar-refractivity contribution in [1.82, 2.24) is 10.6 Å². The summed E-state index contributed by atoms with van der Waals surface area (Å²) in [4.78, 5) is 26.8. The normalized spacial score (nSPS) is 26.2. The lowest BCUT2D eigenvalue weighted by Crippen LogP contribution is -2.53. The molecular formula is C19H28ClN3O2. The number of para-hydroxylation sites is 1. The number of halogens is 1. The molecule has 6 heteroatoms. The van der Waals surface area contributed by atoms with E-state index in [0.717, 1.165) is 37.1 Å². The summed E-state index contributed by atoms with van der Waals surface area (Å²) in [5.41, 5.74) is 2.10. The van der Waals surface area contributed by atoms with Crippen molar-refractivity contribution in [2.24, 2.45) is 5.92 Å². The number of benzene rings is 1. The van der Waals surface area contributed by atoms with Crippen LogP contribution in [0.4, 0.5) is 5.69 Å². The van der Waals surface area contributed by atoms with Gasteiger partial charge in [-0.1, -0.05) is 25.1 Å². The lowest BCUT2D eigenvalue weighted by molar-refractivity contribution is -0.127. The quantitative estimate of drug-likeness (QED) is 0.860. The predicted molar refractivity (Wildman–Crippen MR) is 102 cm³/mol. The standard InChI is InChI=1S/C19H27N3O2.ClH/c1-3-14-7-4-5-9-17(14)22-12-15(11-18(22)23)19(24)21-16-8-6-10-20-13(16)2;/h4-5,7,9,13,15-16,20H,3,6,8,10-12H2,1-2H3,(H,21,24);1H. The van der Waals surface area contributed by atoms with Crippen LogP contribution in [0.25, 0.3) is 0 Å². The molecule has 5 nitrogen and oxygen atoms in total. The summed E-state index contributed by atoms with van der Waals surface area (Å²) in [6, 6.07) is 8.42. The van der Waals surface area contributed by atoms with Gasteiger partial charge in [0.1, 0.15) is 0 Å². The van der Waals surface area contributed by atoms with Gasteiger partial charge in [-0.25, -0.2) is 0 Å². The monoisotopic (exact) mass is 365 g/mol. The molecule has 0 radical (unpaired) electrons. The number of rotatable bonds is 4. The fraction of sp³-hybridized carbons (Fsp3) is 0.579. The minimum Gasteiger partial charge on any atom is -0.352 e. The maximum absolute atomic E-state index is 12.6. The number of nitrogens with one attached hydrogen (secondary N) is 2. The predicted octanol–water partition coefficient (Wildman–Crippen LogP) is 2.28. The van der Waals surface area contributed by atoms with Crippen LogP contribution in [-0.4, -0.2) is 37.0 Å². The molecule has 3 unspecified atom stereocenters. The number of hydrogen-bond donors (Lipinski definition) is 2. The topological polar surface area (TPSA) is 61.4 Å². The maximum Gasteiger partial charge on any atom is 0.227 e. The van der Waals surface area contributed by atoms with Gasteiger partial charge in [0.15, 0.2) is 0 Å². The van der Waals surface area contributed by atoms with Crippen LogP contribution >= 0.6 is 12.4 Å². The average molecular weight is 366 g/mol. The van der Waals surface area contributed by atoms with Crippen molar-refractivity contribution in [2.75, 3.05) is 18.0 Å². The lowest BCUT2D eigenvalue weighted by Gasteiger charge is -2.31. The molecule has 2 aliphatic rings. The Hall–Kier alpha value is -1.59. The van der Waals surface area contributed by atoms with Crippen LogP contribution in [0.2, 0.25) is 0 Å². The first-order valence-corrected chi connectivity index (χ1v) is 9.02. The lowest BCUT2D eigenvalue weighted by atomic mass is 9.98. The van der Waals surface area contributed by atoms with E-state index in [1.54, 1.807) is 4.90 Å². The van der Waals surface area contributed by atoms with Crippen LogP contribution in [0.1, 0.15) is 38.7 Å². The number of amides is 2. The molecule has 0 saturated carbocycles. The van der Waals surface area contributed by atoms with Gasteiger partial charge >= 0.3 is 0 Å². The molecule has 3 atom stereocenters. The number of carbonyl (C=O) groups is 2.